The molecule has 2 aromatic heterocycles. The predicted octanol–water partition coefficient (Wildman–Crippen LogP) is 3.10. The maximum absolute atomic E-state index is 11.7. The van der Waals surface area contributed by atoms with Crippen molar-refractivity contribution in [2.45, 2.75) is 0 Å². The molecule has 0 spiro atoms. The topological polar surface area (TPSA) is 54.9 Å². The molecule has 0 saturated carbocycles. The van der Waals surface area contributed by atoms with E-state index in [2.05, 4.69) is 15.3 Å². The van der Waals surface area contributed by atoms with Crippen molar-refractivity contribution >= 4 is 46.3 Å². The van der Waals surface area contributed by atoms with Crippen LogP contribution in [-0.4, -0.2) is 15.9 Å². The molecule has 0 saturated heterocycles. The van der Waals surface area contributed by atoms with Crippen LogP contribution in [0.2, 0.25) is 9.49 Å². The van der Waals surface area contributed by atoms with E-state index < -0.39 is 0 Å². The summed E-state index contributed by atoms with van der Waals surface area (Å²) in [5, 5.41) is 2.85. The number of hydrogen-bond acceptors (Lipinski definition) is 4. The highest BCUT2D eigenvalue weighted by atomic mass is 35.5. The summed E-state index contributed by atoms with van der Waals surface area (Å²) in [4.78, 5) is 19.9. The zero-order valence-electron chi connectivity index (χ0n) is 7.78. The van der Waals surface area contributed by atoms with E-state index in [1.54, 1.807) is 12.1 Å². The Kier molecular flexibility index (Phi) is 3.38. The van der Waals surface area contributed by atoms with Crippen LogP contribution in [0.25, 0.3) is 0 Å². The SMILES string of the molecule is O=C(Nc1cnc(Cl)cn1)c1ccc(Cl)s1. The molecule has 0 aromatic carbocycles. The number of thiophene rings is 1. The molecule has 0 unspecified atom stereocenters. The highest BCUT2D eigenvalue weighted by molar-refractivity contribution is 7.18. The third-order valence-corrected chi connectivity index (χ3v) is 3.08. The van der Waals surface area contributed by atoms with Crippen molar-refractivity contribution in [1.29, 1.82) is 0 Å². The largest absolute Gasteiger partial charge is 0.305 e. The van der Waals surface area contributed by atoms with Gasteiger partial charge in [0.15, 0.2) is 5.82 Å². The summed E-state index contributed by atoms with van der Waals surface area (Å²) in [6.07, 6.45) is 2.74. The minimum Gasteiger partial charge on any atom is -0.305 e. The zero-order valence-corrected chi connectivity index (χ0v) is 10.1. The van der Waals surface area contributed by atoms with Crippen molar-refractivity contribution < 1.29 is 4.79 Å². The van der Waals surface area contributed by atoms with Gasteiger partial charge in [-0.15, -0.1) is 11.3 Å². The van der Waals surface area contributed by atoms with E-state index in [4.69, 9.17) is 23.2 Å². The van der Waals surface area contributed by atoms with Crippen LogP contribution in [0.4, 0.5) is 5.82 Å². The minimum absolute atomic E-state index is 0.270. The van der Waals surface area contributed by atoms with E-state index in [1.807, 2.05) is 0 Å². The van der Waals surface area contributed by atoms with Crippen LogP contribution in [0.1, 0.15) is 9.67 Å². The summed E-state index contributed by atoms with van der Waals surface area (Å²) in [6, 6.07) is 3.31. The second-order valence-electron chi connectivity index (χ2n) is 2.78. The molecular formula is C9H5Cl2N3OS. The van der Waals surface area contributed by atoms with Gasteiger partial charge in [-0.2, -0.15) is 0 Å². The second-order valence-corrected chi connectivity index (χ2v) is 4.88. The number of nitrogens with one attached hydrogen (secondary N) is 1. The van der Waals surface area contributed by atoms with Crippen molar-refractivity contribution in [2.24, 2.45) is 0 Å². The normalized spacial score (nSPS) is 10.1. The molecule has 82 valence electrons. The van der Waals surface area contributed by atoms with E-state index in [0.717, 1.165) is 0 Å². The maximum atomic E-state index is 11.7. The molecule has 1 amide bonds. The van der Waals surface area contributed by atoms with Gasteiger partial charge >= 0.3 is 0 Å². The van der Waals surface area contributed by atoms with E-state index in [0.29, 0.717) is 15.0 Å². The number of anilines is 1. The van der Waals surface area contributed by atoms with Crippen LogP contribution in [0.3, 0.4) is 0 Å². The highest BCUT2D eigenvalue weighted by Crippen LogP contribution is 2.22. The highest BCUT2D eigenvalue weighted by Gasteiger charge is 2.09. The van der Waals surface area contributed by atoms with Gasteiger partial charge < -0.3 is 5.32 Å². The summed E-state index contributed by atoms with van der Waals surface area (Å²) in [5.41, 5.74) is 0. The monoisotopic (exact) mass is 273 g/mol. The first-order chi connectivity index (χ1) is 7.65. The van der Waals surface area contributed by atoms with E-state index in [-0.39, 0.29) is 11.1 Å². The maximum Gasteiger partial charge on any atom is 0.266 e. The number of hydrogen-bond donors (Lipinski definition) is 1. The Hall–Kier alpha value is -1.17. The Labute approximate surface area is 105 Å². The molecule has 0 fully saturated rings. The van der Waals surface area contributed by atoms with Gasteiger partial charge in [-0.1, -0.05) is 23.2 Å². The number of nitrogens with zero attached hydrogens (tertiary/aromatic N) is 2. The molecule has 0 radical (unpaired) electrons. The van der Waals surface area contributed by atoms with Crippen LogP contribution in [0, 0.1) is 0 Å². The zero-order chi connectivity index (χ0) is 11.5. The van der Waals surface area contributed by atoms with Gasteiger partial charge in [0.05, 0.1) is 21.6 Å². The molecule has 0 atom stereocenters. The average Bonchev–Trinajstić information content (AvgIpc) is 2.68. The predicted molar refractivity (Wildman–Crippen MR) is 64.3 cm³/mol. The molecule has 4 nitrogen and oxygen atoms in total. The van der Waals surface area contributed by atoms with Crippen LogP contribution in [0.15, 0.2) is 24.5 Å². The van der Waals surface area contributed by atoms with Crippen molar-refractivity contribution in [3.05, 3.63) is 38.9 Å². The first kappa shape index (κ1) is 11.3. The number of rotatable bonds is 2. The Morgan fingerprint density at radius 3 is 2.62 bits per heavy atom. The van der Waals surface area contributed by atoms with Gasteiger partial charge in [0.1, 0.15) is 5.15 Å². The fourth-order valence-corrected chi connectivity index (χ4v) is 2.03. The molecule has 2 rings (SSSR count). The number of amides is 1. The molecule has 2 heterocycles. The Morgan fingerprint density at radius 1 is 1.25 bits per heavy atom. The van der Waals surface area contributed by atoms with Crippen molar-refractivity contribution in [2.75, 3.05) is 5.32 Å². The van der Waals surface area contributed by atoms with E-state index >= 15 is 0 Å². The smallest absolute Gasteiger partial charge is 0.266 e. The van der Waals surface area contributed by atoms with Gasteiger partial charge in [-0.05, 0) is 12.1 Å². The molecule has 16 heavy (non-hydrogen) atoms. The quantitative estimate of drug-likeness (QED) is 0.915. The number of halogens is 2. The van der Waals surface area contributed by atoms with Gasteiger partial charge in [-0.3, -0.25) is 4.79 Å². The molecule has 0 bridgehead atoms. The van der Waals surface area contributed by atoms with Crippen LogP contribution in [0.5, 0.6) is 0 Å². The Bertz CT molecular complexity index is 512. The summed E-state index contributed by atoms with van der Waals surface area (Å²) in [7, 11) is 0. The fourth-order valence-electron chi connectivity index (χ4n) is 0.991. The number of aromatic nitrogens is 2. The molecule has 7 heteroatoms. The first-order valence-corrected chi connectivity index (χ1v) is 5.76. The third kappa shape index (κ3) is 2.69. The molecule has 1 N–H and O–H groups in total. The second kappa shape index (κ2) is 4.78. The lowest BCUT2D eigenvalue weighted by Gasteiger charge is -2.01. The standard InChI is InChI=1S/C9H5Cl2N3OS/c10-6-3-13-8(4-12-6)14-9(15)5-1-2-7(11)16-5/h1-4H,(H,13,14,15). The van der Waals surface area contributed by atoms with Crippen molar-refractivity contribution in [3.63, 3.8) is 0 Å². The van der Waals surface area contributed by atoms with Crippen LogP contribution < -0.4 is 5.32 Å². The third-order valence-electron chi connectivity index (χ3n) is 1.66. The van der Waals surface area contributed by atoms with Crippen LogP contribution >= 0.6 is 34.5 Å². The minimum atomic E-state index is -0.270. The fraction of sp³-hybridized carbons (Fsp3) is 0. The summed E-state index contributed by atoms with van der Waals surface area (Å²) in [6.45, 7) is 0. The summed E-state index contributed by atoms with van der Waals surface area (Å²) < 4.78 is 0.562. The Morgan fingerprint density at radius 2 is 2.06 bits per heavy atom. The van der Waals surface area contributed by atoms with Gasteiger partial charge in [0, 0.05) is 0 Å². The van der Waals surface area contributed by atoms with Crippen molar-refractivity contribution in [3.8, 4) is 0 Å². The lowest BCUT2D eigenvalue weighted by Crippen LogP contribution is -2.11. The molecular weight excluding hydrogens is 269 g/mol. The summed E-state index contributed by atoms with van der Waals surface area (Å²) in [5.74, 6) is 0.0763. The average molecular weight is 274 g/mol. The van der Waals surface area contributed by atoms with Gasteiger partial charge in [-0.25, -0.2) is 9.97 Å². The number of carbonyl (C=O) groups is 1. The Balaban J connectivity index is 2.10. The van der Waals surface area contributed by atoms with Gasteiger partial charge in [0.25, 0.3) is 5.91 Å². The van der Waals surface area contributed by atoms with E-state index in [1.165, 1.54) is 23.7 Å². The van der Waals surface area contributed by atoms with E-state index in [9.17, 15) is 4.79 Å². The van der Waals surface area contributed by atoms with Crippen molar-refractivity contribution in [1.82, 2.24) is 9.97 Å². The summed E-state index contributed by atoms with van der Waals surface area (Å²) >= 11 is 12.5. The first-order valence-electron chi connectivity index (χ1n) is 4.19. The lowest BCUT2D eigenvalue weighted by molar-refractivity contribution is 0.103. The van der Waals surface area contributed by atoms with Crippen LogP contribution in [-0.2, 0) is 0 Å². The lowest BCUT2D eigenvalue weighted by atomic mass is 10.4. The molecule has 2 aromatic rings. The van der Waals surface area contributed by atoms with Gasteiger partial charge in [0.2, 0.25) is 0 Å². The molecule has 0 aliphatic rings. The molecule has 0 aliphatic heterocycles. The number of carbonyl (C=O) groups excluding carboxylic acids is 1. The molecule has 0 aliphatic carbocycles.